The molecule has 1 aromatic heterocycles. The second-order valence-electron chi connectivity index (χ2n) is 7.09. The smallest absolute Gasteiger partial charge is 0.275 e. The molecular formula is C18H20F3N3O5S. The minimum Gasteiger partial charge on any atom is -0.395 e. The highest BCUT2D eigenvalue weighted by atomic mass is 32.2. The summed E-state index contributed by atoms with van der Waals surface area (Å²) in [6, 6.07) is 1.29. The minimum absolute atomic E-state index is 0.150. The number of carbonyl (C=O) groups excluding carboxylic acids is 1. The fraction of sp³-hybridized carbons (Fsp3) is 0.389. The molecule has 1 saturated carbocycles. The molecule has 0 radical (unpaired) electrons. The zero-order chi connectivity index (χ0) is 22.2. The summed E-state index contributed by atoms with van der Waals surface area (Å²) in [6.45, 7) is -0.700. The number of aromatic nitrogens is 1. The van der Waals surface area contributed by atoms with Crippen molar-refractivity contribution in [1.29, 1.82) is 0 Å². The van der Waals surface area contributed by atoms with Gasteiger partial charge in [0.15, 0.2) is 17.5 Å². The number of amides is 1. The number of anilines is 1. The molecule has 0 spiro atoms. The number of hydrogen-bond acceptors (Lipinski definition) is 5. The van der Waals surface area contributed by atoms with Crippen molar-refractivity contribution in [2.24, 2.45) is 13.0 Å². The molecule has 2 unspecified atom stereocenters. The topological polar surface area (TPSA) is 121 Å². The first-order valence-electron chi connectivity index (χ1n) is 8.97. The van der Waals surface area contributed by atoms with Crippen molar-refractivity contribution in [2.75, 3.05) is 11.9 Å². The van der Waals surface area contributed by atoms with Gasteiger partial charge in [0.25, 0.3) is 5.91 Å². The molecule has 4 N–H and O–H groups in total. The quantitative estimate of drug-likeness (QED) is 0.483. The van der Waals surface area contributed by atoms with Crippen LogP contribution in [0, 0.1) is 23.4 Å². The summed E-state index contributed by atoms with van der Waals surface area (Å²) in [5.41, 5.74) is -0.821. The highest BCUT2D eigenvalue weighted by Gasteiger charge is 2.38. The van der Waals surface area contributed by atoms with E-state index in [9.17, 15) is 36.6 Å². The Kier molecular flexibility index (Phi) is 6.22. The zero-order valence-corrected chi connectivity index (χ0v) is 16.6. The van der Waals surface area contributed by atoms with Gasteiger partial charge in [-0.2, -0.15) is 0 Å². The van der Waals surface area contributed by atoms with Crippen molar-refractivity contribution < 1.29 is 36.6 Å². The average molecular weight is 447 g/mol. The third-order valence-corrected chi connectivity index (χ3v) is 6.27. The number of carbonyl (C=O) groups is 1. The molecule has 0 aliphatic heterocycles. The van der Waals surface area contributed by atoms with Gasteiger partial charge >= 0.3 is 0 Å². The van der Waals surface area contributed by atoms with E-state index in [0.29, 0.717) is 18.9 Å². The van der Waals surface area contributed by atoms with Gasteiger partial charge in [0.2, 0.25) is 10.0 Å². The molecule has 164 valence electrons. The van der Waals surface area contributed by atoms with Crippen LogP contribution in [0.1, 0.15) is 23.3 Å². The van der Waals surface area contributed by atoms with Gasteiger partial charge in [0.05, 0.1) is 18.8 Å². The van der Waals surface area contributed by atoms with Gasteiger partial charge in [-0.25, -0.2) is 26.3 Å². The second-order valence-corrected chi connectivity index (χ2v) is 8.77. The molecule has 1 aliphatic carbocycles. The number of nitrogens with zero attached hydrogens (tertiary/aromatic N) is 1. The van der Waals surface area contributed by atoms with Crippen LogP contribution in [0.5, 0.6) is 0 Å². The maximum Gasteiger partial charge on any atom is 0.275 e. The fourth-order valence-corrected chi connectivity index (χ4v) is 4.39. The van der Waals surface area contributed by atoms with Crippen LogP contribution in [0.15, 0.2) is 29.3 Å². The molecule has 2 aromatic rings. The second kappa shape index (κ2) is 8.38. The average Bonchev–Trinajstić information content (AvgIpc) is 3.47. The van der Waals surface area contributed by atoms with E-state index in [-0.39, 0.29) is 11.6 Å². The van der Waals surface area contributed by atoms with Crippen molar-refractivity contribution >= 4 is 21.6 Å². The Morgan fingerprint density at radius 3 is 2.50 bits per heavy atom. The summed E-state index contributed by atoms with van der Waals surface area (Å²) in [4.78, 5) is 11.5. The highest BCUT2D eigenvalue weighted by Crippen LogP contribution is 2.34. The molecule has 1 aliphatic rings. The molecule has 1 fully saturated rings. The number of aryl methyl sites for hydroxylation is 1. The van der Waals surface area contributed by atoms with E-state index in [1.165, 1.54) is 7.05 Å². The highest BCUT2D eigenvalue weighted by molar-refractivity contribution is 7.89. The Hall–Kier alpha value is -2.41. The van der Waals surface area contributed by atoms with Crippen molar-refractivity contribution in [2.45, 2.75) is 29.9 Å². The van der Waals surface area contributed by atoms with Crippen LogP contribution >= 0.6 is 0 Å². The Bertz CT molecular complexity index is 1070. The zero-order valence-electron chi connectivity index (χ0n) is 15.8. The molecule has 0 saturated heterocycles. The standard InChI is InChI=1S/C18H20F3N3O5S/c1-24-7-14(30(28,29)23-13(8-25)17(26)9-2-3-9)15(21)16(24)18(27)22-10-4-5-11(19)12(20)6-10/h4-7,9,13,17,23,25-26H,2-3,8H2,1H3,(H,22,27). The number of aliphatic hydroxyl groups is 2. The summed E-state index contributed by atoms with van der Waals surface area (Å²) < 4.78 is 69.3. The molecule has 1 aromatic carbocycles. The molecule has 3 rings (SSSR count). The predicted octanol–water partition coefficient (Wildman–Crippen LogP) is 1.10. The van der Waals surface area contributed by atoms with Crippen molar-refractivity contribution in [3.63, 3.8) is 0 Å². The van der Waals surface area contributed by atoms with E-state index >= 15 is 0 Å². The maximum atomic E-state index is 14.9. The van der Waals surface area contributed by atoms with Crippen LogP contribution in [0.2, 0.25) is 0 Å². The number of halogens is 3. The van der Waals surface area contributed by atoms with Crippen molar-refractivity contribution in [3.8, 4) is 0 Å². The monoisotopic (exact) mass is 447 g/mol. The fourth-order valence-electron chi connectivity index (χ4n) is 3.02. The summed E-state index contributed by atoms with van der Waals surface area (Å²) in [6.07, 6.45) is 1.10. The molecule has 2 atom stereocenters. The van der Waals surface area contributed by atoms with Crippen LogP contribution in [0.4, 0.5) is 18.9 Å². The number of sulfonamides is 1. The van der Waals surface area contributed by atoms with Gasteiger partial charge in [-0.3, -0.25) is 4.79 Å². The molecule has 30 heavy (non-hydrogen) atoms. The van der Waals surface area contributed by atoms with Crippen molar-refractivity contribution in [1.82, 2.24) is 9.29 Å². The van der Waals surface area contributed by atoms with E-state index in [0.717, 1.165) is 22.9 Å². The van der Waals surface area contributed by atoms with Gasteiger partial charge in [0.1, 0.15) is 10.6 Å². The van der Waals surface area contributed by atoms with E-state index < -0.39 is 62.7 Å². The maximum absolute atomic E-state index is 14.9. The third-order valence-electron chi connectivity index (χ3n) is 4.79. The molecular weight excluding hydrogens is 427 g/mol. The summed E-state index contributed by atoms with van der Waals surface area (Å²) in [7, 11) is -3.30. The van der Waals surface area contributed by atoms with Gasteiger partial charge in [-0.15, -0.1) is 0 Å². The van der Waals surface area contributed by atoms with E-state index in [1.54, 1.807) is 0 Å². The number of nitrogens with one attached hydrogen (secondary N) is 2. The molecule has 0 bridgehead atoms. The van der Waals surface area contributed by atoms with Crippen LogP contribution in [-0.2, 0) is 17.1 Å². The SMILES string of the molecule is Cn1cc(S(=O)(=O)NC(CO)C(O)C2CC2)c(F)c1C(=O)Nc1ccc(F)c(F)c1. The minimum atomic E-state index is -4.53. The number of rotatable bonds is 8. The van der Waals surface area contributed by atoms with E-state index in [1.807, 2.05) is 0 Å². The summed E-state index contributed by atoms with van der Waals surface area (Å²) in [5.74, 6) is -4.97. The lowest BCUT2D eigenvalue weighted by atomic mass is 10.1. The summed E-state index contributed by atoms with van der Waals surface area (Å²) >= 11 is 0. The lowest BCUT2D eigenvalue weighted by Crippen LogP contribution is -2.46. The van der Waals surface area contributed by atoms with E-state index in [4.69, 9.17) is 0 Å². The first-order chi connectivity index (χ1) is 14.0. The normalized spacial score (nSPS) is 16.3. The van der Waals surface area contributed by atoms with Gasteiger partial charge in [-0.1, -0.05) is 0 Å². The lowest BCUT2D eigenvalue weighted by Gasteiger charge is -2.21. The number of aliphatic hydroxyl groups excluding tert-OH is 2. The molecule has 1 amide bonds. The molecule has 1 heterocycles. The Morgan fingerprint density at radius 1 is 1.27 bits per heavy atom. The van der Waals surface area contributed by atoms with Crippen molar-refractivity contribution in [3.05, 3.63) is 47.5 Å². The van der Waals surface area contributed by atoms with E-state index in [2.05, 4.69) is 10.0 Å². The largest absolute Gasteiger partial charge is 0.395 e. The Morgan fingerprint density at radius 2 is 1.93 bits per heavy atom. The van der Waals surface area contributed by atoms with Crippen LogP contribution < -0.4 is 10.0 Å². The van der Waals surface area contributed by atoms with Gasteiger partial charge < -0.3 is 20.1 Å². The first kappa shape index (κ1) is 22.3. The Balaban J connectivity index is 1.84. The molecule has 8 nitrogen and oxygen atoms in total. The third kappa shape index (κ3) is 4.51. The van der Waals surface area contributed by atoms with Crippen LogP contribution in [-0.4, -0.2) is 47.9 Å². The predicted molar refractivity (Wildman–Crippen MR) is 99.6 cm³/mol. The molecule has 12 heteroatoms. The lowest BCUT2D eigenvalue weighted by molar-refractivity contribution is 0.0836. The number of benzene rings is 1. The van der Waals surface area contributed by atoms with Crippen LogP contribution in [0.3, 0.4) is 0 Å². The Labute approximate surface area is 170 Å². The summed E-state index contributed by atoms with van der Waals surface area (Å²) in [5, 5.41) is 21.6. The van der Waals surface area contributed by atoms with Crippen LogP contribution in [0.25, 0.3) is 0 Å². The van der Waals surface area contributed by atoms with Gasteiger partial charge in [-0.05, 0) is 30.9 Å². The van der Waals surface area contributed by atoms with Gasteiger partial charge in [0, 0.05) is 25.0 Å². The first-order valence-corrected chi connectivity index (χ1v) is 10.5. The number of hydrogen-bond donors (Lipinski definition) is 4.